The molecule has 2 fully saturated rings. The molecule has 0 saturated heterocycles. The molecule has 0 bridgehead atoms. The first-order chi connectivity index (χ1) is 11.2. The zero-order chi connectivity index (χ0) is 15.8. The van der Waals surface area contributed by atoms with Crippen molar-refractivity contribution in [1.82, 2.24) is 14.7 Å². The minimum Gasteiger partial charge on any atom is -0.348 e. The number of nitrogens with one attached hydrogen (secondary N) is 2. The summed E-state index contributed by atoms with van der Waals surface area (Å²) in [7, 11) is 0. The molecule has 0 aliphatic heterocycles. The third kappa shape index (κ3) is 3.10. The Balaban J connectivity index is 1.68. The molecule has 2 aliphatic carbocycles. The van der Waals surface area contributed by atoms with Gasteiger partial charge in [-0.15, -0.1) is 0 Å². The fraction of sp³-hybridized carbons (Fsp3) is 0.375. The summed E-state index contributed by atoms with van der Waals surface area (Å²) in [6.07, 6.45) is 5.52. The Morgan fingerprint density at radius 2 is 2.00 bits per heavy atom. The van der Waals surface area contributed by atoms with E-state index < -0.39 is 0 Å². The maximum Gasteiger partial charge on any atom is 0.265 e. The lowest BCUT2D eigenvalue weighted by Gasteiger charge is -2.08. The second kappa shape index (κ2) is 5.73. The largest absolute Gasteiger partial charge is 0.348 e. The minimum absolute atomic E-state index is 0.0390. The normalized spacial score (nSPS) is 16.9. The van der Waals surface area contributed by atoms with Crippen LogP contribution >= 0.6 is 11.5 Å². The number of anilines is 1. The summed E-state index contributed by atoms with van der Waals surface area (Å²) >= 11 is 1.11. The van der Waals surface area contributed by atoms with Crippen molar-refractivity contribution in [3.8, 4) is 11.4 Å². The van der Waals surface area contributed by atoms with Gasteiger partial charge in [-0.05, 0) is 49.3 Å². The number of nitrogens with zero attached hydrogens (tertiary/aromatic N) is 2. The molecule has 2 aromatic rings. The van der Waals surface area contributed by atoms with Crippen LogP contribution in [0.5, 0.6) is 0 Å². The molecule has 0 unspecified atom stereocenters. The van der Waals surface area contributed by atoms with Gasteiger partial charge in [-0.3, -0.25) is 14.6 Å². The van der Waals surface area contributed by atoms with Crippen LogP contribution in [0, 0.1) is 5.92 Å². The first-order valence-corrected chi connectivity index (χ1v) is 8.52. The van der Waals surface area contributed by atoms with E-state index in [-0.39, 0.29) is 23.8 Å². The van der Waals surface area contributed by atoms with Crippen LogP contribution in [0.3, 0.4) is 0 Å². The lowest BCUT2D eigenvalue weighted by Crippen LogP contribution is -2.26. The number of carbonyl (C=O) groups is 2. The molecule has 4 rings (SSSR count). The van der Waals surface area contributed by atoms with Gasteiger partial charge in [-0.25, -0.2) is 0 Å². The summed E-state index contributed by atoms with van der Waals surface area (Å²) in [5.74, 6) is -0.146. The van der Waals surface area contributed by atoms with E-state index >= 15 is 0 Å². The third-order valence-corrected chi connectivity index (χ3v) is 4.76. The Labute approximate surface area is 137 Å². The van der Waals surface area contributed by atoms with E-state index in [1.54, 1.807) is 6.20 Å². The fourth-order valence-corrected chi connectivity index (χ4v) is 3.04. The van der Waals surface area contributed by atoms with Gasteiger partial charge in [0.15, 0.2) is 0 Å². The third-order valence-electron chi connectivity index (χ3n) is 3.91. The van der Waals surface area contributed by atoms with Crippen LogP contribution in [0.4, 0.5) is 5.69 Å². The molecule has 0 radical (unpaired) electrons. The second-order valence-corrected chi connectivity index (χ2v) is 6.73. The molecule has 2 amide bonds. The molecule has 2 heterocycles. The van der Waals surface area contributed by atoms with Gasteiger partial charge >= 0.3 is 0 Å². The van der Waals surface area contributed by atoms with E-state index in [1.807, 2.05) is 18.2 Å². The molecule has 2 saturated carbocycles. The zero-order valence-electron chi connectivity index (χ0n) is 12.4. The van der Waals surface area contributed by atoms with Crippen molar-refractivity contribution in [2.45, 2.75) is 31.7 Å². The van der Waals surface area contributed by atoms with E-state index in [2.05, 4.69) is 20.0 Å². The summed E-state index contributed by atoms with van der Waals surface area (Å²) in [4.78, 5) is 29.3. The van der Waals surface area contributed by atoms with Crippen LogP contribution in [0.15, 0.2) is 24.4 Å². The summed E-state index contributed by atoms with van der Waals surface area (Å²) in [6.45, 7) is 0. The maximum atomic E-state index is 12.4. The monoisotopic (exact) mass is 328 g/mol. The average Bonchev–Trinajstić information content (AvgIpc) is 3.47. The molecular weight excluding hydrogens is 312 g/mol. The van der Waals surface area contributed by atoms with Gasteiger partial charge in [0.05, 0.1) is 11.4 Å². The summed E-state index contributed by atoms with van der Waals surface area (Å²) < 4.78 is 4.37. The van der Waals surface area contributed by atoms with E-state index in [0.29, 0.717) is 22.0 Å². The maximum absolute atomic E-state index is 12.4. The van der Waals surface area contributed by atoms with Crippen molar-refractivity contribution in [2.24, 2.45) is 5.92 Å². The number of pyridine rings is 1. The molecule has 6 nitrogen and oxygen atoms in total. The molecule has 0 atom stereocenters. The van der Waals surface area contributed by atoms with Crippen LogP contribution < -0.4 is 10.6 Å². The highest BCUT2D eigenvalue weighted by Gasteiger charge is 2.33. The molecule has 118 valence electrons. The van der Waals surface area contributed by atoms with Crippen molar-refractivity contribution >= 4 is 29.0 Å². The van der Waals surface area contributed by atoms with E-state index in [1.165, 1.54) is 0 Å². The minimum atomic E-state index is -0.168. The summed E-state index contributed by atoms with van der Waals surface area (Å²) in [6, 6.07) is 5.76. The van der Waals surface area contributed by atoms with Crippen LogP contribution in [0.25, 0.3) is 11.4 Å². The lowest BCUT2D eigenvalue weighted by molar-refractivity contribution is -0.117. The highest BCUT2D eigenvalue weighted by molar-refractivity contribution is 7.09. The van der Waals surface area contributed by atoms with Gasteiger partial charge in [-0.1, -0.05) is 6.07 Å². The van der Waals surface area contributed by atoms with Gasteiger partial charge in [0.25, 0.3) is 5.91 Å². The van der Waals surface area contributed by atoms with E-state index in [4.69, 9.17) is 0 Å². The molecule has 23 heavy (non-hydrogen) atoms. The predicted molar refractivity (Wildman–Crippen MR) is 87.2 cm³/mol. The SMILES string of the molecule is O=C(NC1CC1)c1snc(-c2ccccn2)c1NC(=O)C1CC1. The van der Waals surface area contributed by atoms with Crippen LogP contribution in [-0.2, 0) is 4.79 Å². The summed E-state index contributed by atoms with van der Waals surface area (Å²) in [5, 5.41) is 5.86. The van der Waals surface area contributed by atoms with Crippen molar-refractivity contribution in [3.05, 3.63) is 29.3 Å². The average molecular weight is 328 g/mol. The number of hydrogen-bond acceptors (Lipinski definition) is 5. The molecular formula is C16H16N4O2S. The number of aromatic nitrogens is 2. The predicted octanol–water partition coefficient (Wildman–Crippen LogP) is 2.45. The fourth-order valence-electron chi connectivity index (χ4n) is 2.29. The topological polar surface area (TPSA) is 84.0 Å². The number of rotatable bonds is 5. The van der Waals surface area contributed by atoms with Crippen molar-refractivity contribution in [1.29, 1.82) is 0 Å². The number of amides is 2. The van der Waals surface area contributed by atoms with Gasteiger partial charge in [-0.2, -0.15) is 4.37 Å². The van der Waals surface area contributed by atoms with Crippen molar-refractivity contribution < 1.29 is 9.59 Å². The molecule has 0 spiro atoms. The highest BCUT2D eigenvalue weighted by atomic mass is 32.1. The number of carbonyl (C=O) groups excluding carboxylic acids is 2. The van der Waals surface area contributed by atoms with Crippen LogP contribution in [0.1, 0.15) is 35.4 Å². The number of hydrogen-bond donors (Lipinski definition) is 2. The van der Waals surface area contributed by atoms with E-state index in [9.17, 15) is 9.59 Å². The van der Waals surface area contributed by atoms with Gasteiger partial charge < -0.3 is 10.6 Å². The molecule has 2 N–H and O–H groups in total. The quantitative estimate of drug-likeness (QED) is 0.883. The Kier molecular flexibility index (Phi) is 3.57. The van der Waals surface area contributed by atoms with Gasteiger partial charge in [0.1, 0.15) is 10.6 Å². The van der Waals surface area contributed by atoms with Crippen LogP contribution in [0.2, 0.25) is 0 Å². The standard InChI is InChI=1S/C16H16N4O2S/c21-15(9-4-5-9)19-13-12(11-3-1-2-8-17-11)20-23-14(13)16(22)18-10-6-7-10/h1-3,8-10H,4-7H2,(H,18,22)(H,19,21). The lowest BCUT2D eigenvalue weighted by atomic mass is 10.2. The molecule has 0 aromatic carbocycles. The van der Waals surface area contributed by atoms with Crippen molar-refractivity contribution in [3.63, 3.8) is 0 Å². The van der Waals surface area contributed by atoms with Crippen molar-refractivity contribution in [2.75, 3.05) is 5.32 Å². The Morgan fingerprint density at radius 3 is 2.65 bits per heavy atom. The van der Waals surface area contributed by atoms with Crippen LogP contribution in [-0.4, -0.2) is 27.2 Å². The van der Waals surface area contributed by atoms with E-state index in [0.717, 1.165) is 37.2 Å². The highest BCUT2D eigenvalue weighted by Crippen LogP contribution is 2.36. The summed E-state index contributed by atoms with van der Waals surface area (Å²) in [5.41, 5.74) is 1.70. The molecule has 7 heteroatoms. The first kappa shape index (κ1) is 14.3. The Bertz CT molecular complexity index is 751. The first-order valence-electron chi connectivity index (χ1n) is 7.75. The van der Waals surface area contributed by atoms with Gasteiger partial charge in [0, 0.05) is 18.2 Å². The Hall–Kier alpha value is -2.28. The zero-order valence-corrected chi connectivity index (χ0v) is 13.2. The second-order valence-electron chi connectivity index (χ2n) is 5.96. The Morgan fingerprint density at radius 1 is 1.17 bits per heavy atom. The molecule has 2 aliphatic rings. The molecule has 2 aromatic heterocycles. The van der Waals surface area contributed by atoms with Gasteiger partial charge in [0.2, 0.25) is 5.91 Å². The smallest absolute Gasteiger partial charge is 0.265 e.